The van der Waals surface area contributed by atoms with Crippen LogP contribution in [0, 0.1) is 18.8 Å². The number of hydrogen-bond donors (Lipinski definition) is 1. The van der Waals surface area contributed by atoms with Gasteiger partial charge in [-0.25, -0.2) is 4.68 Å². The van der Waals surface area contributed by atoms with E-state index in [0.29, 0.717) is 5.92 Å². The molecule has 2 saturated heterocycles. The molecule has 1 aromatic carbocycles. The molecule has 2 atom stereocenters. The van der Waals surface area contributed by atoms with Crippen molar-refractivity contribution in [3.8, 4) is 5.69 Å². The van der Waals surface area contributed by atoms with Crippen molar-refractivity contribution in [3.05, 3.63) is 46.2 Å². The number of halogens is 2. The first kappa shape index (κ1) is 20.7. The maximum atomic E-state index is 13.4. The fourth-order valence-corrected chi connectivity index (χ4v) is 4.96. The standard InChI is InChI=1S/C22H27ClN4O.ClH/c1-14-2-5-18(10-20(14)23)27-21(15-3-4-15)19(13-25-27)22(28)26-8-6-16-11-24-12-17(16)7-9-26;/h2,5,10,13,15-17,24H,3-4,6-9,11-12H2,1H3;1H/t16-,17+;. The molecule has 2 aromatic rings. The number of hydrogen-bond acceptors (Lipinski definition) is 3. The molecule has 5 rings (SSSR count). The van der Waals surface area contributed by atoms with Crippen LogP contribution in [0.2, 0.25) is 5.02 Å². The van der Waals surface area contributed by atoms with Gasteiger partial charge in [0.25, 0.3) is 5.91 Å². The summed E-state index contributed by atoms with van der Waals surface area (Å²) in [6.07, 6.45) is 6.23. The Kier molecular flexibility index (Phi) is 5.92. The van der Waals surface area contributed by atoms with Crippen molar-refractivity contribution in [2.24, 2.45) is 11.8 Å². The number of rotatable bonds is 3. The normalized spacial score (nSPS) is 24.0. The molecule has 1 aromatic heterocycles. The van der Waals surface area contributed by atoms with Crippen molar-refractivity contribution in [3.63, 3.8) is 0 Å². The van der Waals surface area contributed by atoms with Gasteiger partial charge in [0.2, 0.25) is 0 Å². The first-order valence-electron chi connectivity index (χ1n) is 10.5. The van der Waals surface area contributed by atoms with E-state index in [4.69, 9.17) is 11.6 Å². The summed E-state index contributed by atoms with van der Waals surface area (Å²) in [5, 5.41) is 8.85. The molecule has 2 aliphatic heterocycles. The molecule has 29 heavy (non-hydrogen) atoms. The number of nitrogens with zero attached hydrogens (tertiary/aromatic N) is 3. The Morgan fingerprint density at radius 2 is 1.83 bits per heavy atom. The predicted octanol–water partition coefficient (Wildman–Crippen LogP) is 4.20. The topological polar surface area (TPSA) is 50.2 Å². The molecule has 0 unspecified atom stereocenters. The highest BCUT2D eigenvalue weighted by molar-refractivity contribution is 6.31. The lowest BCUT2D eigenvalue weighted by Crippen LogP contribution is -2.33. The molecule has 0 bridgehead atoms. The SMILES string of the molecule is Cc1ccc(-n2ncc(C(=O)N3CC[C@@H]4CNC[C@@H]4CC3)c2C2CC2)cc1Cl.Cl. The molecule has 5 nitrogen and oxygen atoms in total. The minimum absolute atomic E-state index is 0. The second-order valence-electron chi connectivity index (χ2n) is 8.61. The Morgan fingerprint density at radius 1 is 1.14 bits per heavy atom. The zero-order chi connectivity index (χ0) is 19.3. The Labute approximate surface area is 183 Å². The van der Waals surface area contributed by atoms with E-state index in [0.717, 1.165) is 91.2 Å². The van der Waals surface area contributed by atoms with Crippen LogP contribution < -0.4 is 5.32 Å². The molecule has 1 aliphatic carbocycles. The highest BCUT2D eigenvalue weighted by Gasteiger charge is 2.36. The molecule has 7 heteroatoms. The van der Waals surface area contributed by atoms with E-state index in [1.165, 1.54) is 0 Å². The van der Waals surface area contributed by atoms with Crippen LogP contribution in [0.1, 0.15) is 53.2 Å². The monoisotopic (exact) mass is 434 g/mol. The second-order valence-corrected chi connectivity index (χ2v) is 9.02. The minimum Gasteiger partial charge on any atom is -0.339 e. The summed E-state index contributed by atoms with van der Waals surface area (Å²) < 4.78 is 1.94. The largest absolute Gasteiger partial charge is 0.339 e. The third kappa shape index (κ3) is 3.92. The van der Waals surface area contributed by atoms with E-state index in [2.05, 4.69) is 15.3 Å². The number of aryl methyl sites for hydroxylation is 1. The van der Waals surface area contributed by atoms with Crippen molar-refractivity contribution in [1.82, 2.24) is 20.0 Å². The summed E-state index contributed by atoms with van der Waals surface area (Å²) in [5.74, 6) is 2.02. The van der Waals surface area contributed by atoms with Crippen molar-refractivity contribution in [1.29, 1.82) is 0 Å². The number of likely N-dealkylation sites (tertiary alicyclic amines) is 1. The lowest BCUT2D eigenvalue weighted by atomic mass is 9.92. The van der Waals surface area contributed by atoms with E-state index in [1.807, 2.05) is 29.8 Å². The quantitative estimate of drug-likeness (QED) is 0.786. The van der Waals surface area contributed by atoms with Crippen molar-refractivity contribution < 1.29 is 4.79 Å². The van der Waals surface area contributed by atoms with Crippen molar-refractivity contribution in [2.45, 2.75) is 38.5 Å². The van der Waals surface area contributed by atoms with Gasteiger partial charge in [0.1, 0.15) is 0 Å². The number of carbonyl (C=O) groups excluding carboxylic acids is 1. The molecule has 3 fully saturated rings. The average molecular weight is 435 g/mol. The van der Waals surface area contributed by atoms with Gasteiger partial charge in [-0.1, -0.05) is 17.7 Å². The van der Waals surface area contributed by atoms with Gasteiger partial charge in [-0.3, -0.25) is 4.79 Å². The lowest BCUT2D eigenvalue weighted by molar-refractivity contribution is 0.0757. The van der Waals surface area contributed by atoms with Gasteiger partial charge in [0.05, 0.1) is 23.1 Å². The number of carbonyl (C=O) groups is 1. The number of nitrogens with one attached hydrogen (secondary N) is 1. The van der Waals surface area contributed by atoms with Crippen LogP contribution in [0.3, 0.4) is 0 Å². The van der Waals surface area contributed by atoms with Gasteiger partial charge in [0, 0.05) is 24.0 Å². The van der Waals surface area contributed by atoms with Gasteiger partial charge in [-0.2, -0.15) is 5.10 Å². The molecule has 1 N–H and O–H groups in total. The first-order chi connectivity index (χ1) is 13.6. The highest BCUT2D eigenvalue weighted by Crippen LogP contribution is 2.43. The maximum Gasteiger partial charge on any atom is 0.257 e. The van der Waals surface area contributed by atoms with Crippen LogP contribution in [0.5, 0.6) is 0 Å². The zero-order valence-electron chi connectivity index (χ0n) is 16.7. The van der Waals surface area contributed by atoms with E-state index in [-0.39, 0.29) is 18.3 Å². The molecule has 1 saturated carbocycles. The molecule has 3 aliphatic rings. The fourth-order valence-electron chi connectivity index (χ4n) is 4.78. The van der Waals surface area contributed by atoms with E-state index >= 15 is 0 Å². The summed E-state index contributed by atoms with van der Waals surface area (Å²) in [6.45, 7) is 5.91. The highest BCUT2D eigenvalue weighted by atomic mass is 35.5. The molecular weight excluding hydrogens is 407 g/mol. The van der Waals surface area contributed by atoms with Crippen LogP contribution in [0.15, 0.2) is 24.4 Å². The number of fused-ring (bicyclic) bond motifs is 1. The van der Waals surface area contributed by atoms with Crippen LogP contribution in [0.4, 0.5) is 0 Å². The van der Waals surface area contributed by atoms with E-state index in [9.17, 15) is 4.79 Å². The zero-order valence-corrected chi connectivity index (χ0v) is 18.3. The first-order valence-corrected chi connectivity index (χ1v) is 10.8. The smallest absolute Gasteiger partial charge is 0.257 e. The maximum absolute atomic E-state index is 13.4. The number of benzene rings is 1. The van der Waals surface area contributed by atoms with Gasteiger partial charge < -0.3 is 10.2 Å². The molecule has 3 heterocycles. The van der Waals surface area contributed by atoms with Gasteiger partial charge in [-0.15, -0.1) is 12.4 Å². The molecule has 0 spiro atoms. The van der Waals surface area contributed by atoms with Crippen molar-refractivity contribution >= 4 is 29.9 Å². The second kappa shape index (κ2) is 8.29. The third-order valence-electron chi connectivity index (χ3n) is 6.71. The molecule has 1 amide bonds. The Hall–Kier alpha value is -1.56. The minimum atomic E-state index is 0. The van der Waals surface area contributed by atoms with E-state index < -0.39 is 0 Å². The molecule has 0 radical (unpaired) electrons. The predicted molar refractivity (Wildman–Crippen MR) is 118 cm³/mol. The number of amides is 1. The third-order valence-corrected chi connectivity index (χ3v) is 7.11. The van der Waals surface area contributed by atoms with Crippen LogP contribution in [0.25, 0.3) is 5.69 Å². The summed E-state index contributed by atoms with van der Waals surface area (Å²) in [5.41, 5.74) is 3.83. The summed E-state index contributed by atoms with van der Waals surface area (Å²) in [4.78, 5) is 15.5. The average Bonchev–Trinajstić information content (AvgIpc) is 3.34. The Morgan fingerprint density at radius 3 is 2.45 bits per heavy atom. The lowest BCUT2D eigenvalue weighted by Gasteiger charge is -2.21. The Balaban J connectivity index is 0.00000205. The van der Waals surface area contributed by atoms with Gasteiger partial charge >= 0.3 is 0 Å². The summed E-state index contributed by atoms with van der Waals surface area (Å²) >= 11 is 6.35. The molecular formula is C22H28Cl2N4O. The van der Waals surface area contributed by atoms with Gasteiger partial charge in [-0.05, 0) is 75.2 Å². The fraction of sp³-hybridized carbons (Fsp3) is 0.545. The van der Waals surface area contributed by atoms with Crippen LogP contribution in [-0.4, -0.2) is 46.8 Å². The van der Waals surface area contributed by atoms with Crippen LogP contribution >= 0.6 is 24.0 Å². The summed E-state index contributed by atoms with van der Waals surface area (Å²) in [6, 6.07) is 6.00. The Bertz CT molecular complexity index is 894. The van der Waals surface area contributed by atoms with Crippen LogP contribution in [-0.2, 0) is 0 Å². The van der Waals surface area contributed by atoms with Crippen molar-refractivity contribution in [2.75, 3.05) is 26.2 Å². The number of aromatic nitrogens is 2. The summed E-state index contributed by atoms with van der Waals surface area (Å²) in [7, 11) is 0. The molecule has 156 valence electrons. The van der Waals surface area contributed by atoms with E-state index in [1.54, 1.807) is 6.20 Å². The van der Waals surface area contributed by atoms with Gasteiger partial charge in [0.15, 0.2) is 0 Å².